The molecule has 1 aromatic carbocycles. The number of methoxy groups -OCH3 is 1. The Labute approximate surface area is 129 Å². The highest BCUT2D eigenvalue weighted by atomic mass is 16.5. The Morgan fingerprint density at radius 1 is 1.45 bits per heavy atom. The molecule has 5 nitrogen and oxygen atoms in total. The summed E-state index contributed by atoms with van der Waals surface area (Å²) in [7, 11) is 1.57. The summed E-state index contributed by atoms with van der Waals surface area (Å²) in [5, 5.41) is 18.4. The van der Waals surface area contributed by atoms with Crippen molar-refractivity contribution >= 4 is 11.8 Å². The van der Waals surface area contributed by atoms with Crippen LogP contribution in [0.1, 0.15) is 37.7 Å². The molecule has 1 fully saturated rings. The van der Waals surface area contributed by atoms with Gasteiger partial charge >= 0.3 is 5.97 Å². The summed E-state index contributed by atoms with van der Waals surface area (Å²) in [5.74, 6) is -1.40. The molecule has 1 aromatic rings. The Bertz CT molecular complexity index is 617. The first-order valence-corrected chi connectivity index (χ1v) is 7.22. The van der Waals surface area contributed by atoms with Crippen LogP contribution in [-0.2, 0) is 9.59 Å². The van der Waals surface area contributed by atoms with Crippen LogP contribution in [0, 0.1) is 22.7 Å². The van der Waals surface area contributed by atoms with E-state index in [1.54, 1.807) is 26.2 Å². The molecule has 1 saturated carbocycles. The van der Waals surface area contributed by atoms with E-state index in [-0.39, 0.29) is 18.1 Å². The summed E-state index contributed by atoms with van der Waals surface area (Å²) < 4.78 is 5.12. The predicted molar refractivity (Wildman–Crippen MR) is 79.4 cm³/mol. The highest BCUT2D eigenvalue weighted by Gasteiger charge is 2.47. The molecule has 1 aliphatic rings. The van der Waals surface area contributed by atoms with Crippen molar-refractivity contribution in [2.45, 2.75) is 32.1 Å². The summed E-state index contributed by atoms with van der Waals surface area (Å²) in [6.07, 6.45) is 0.835. The second-order valence-corrected chi connectivity index (χ2v) is 5.93. The Morgan fingerprint density at radius 2 is 2.09 bits per heavy atom. The molecule has 1 N–H and O–H groups in total. The van der Waals surface area contributed by atoms with Gasteiger partial charge < -0.3 is 9.84 Å². The largest absolute Gasteiger partial charge is 0.497 e. The number of carboxylic acids is 1. The molecular formula is C17H19NO4. The van der Waals surface area contributed by atoms with Gasteiger partial charge in [-0.3, -0.25) is 9.59 Å². The van der Waals surface area contributed by atoms with E-state index in [0.29, 0.717) is 18.6 Å². The Morgan fingerprint density at radius 3 is 2.59 bits per heavy atom. The second kappa shape index (κ2) is 6.18. The lowest BCUT2D eigenvalue weighted by Crippen LogP contribution is -2.41. The third-order valence-electron chi connectivity index (χ3n) is 4.51. The molecule has 5 heteroatoms. The monoisotopic (exact) mass is 301 g/mol. The number of hydrogen-bond donors (Lipinski definition) is 1. The lowest BCUT2D eigenvalue weighted by Gasteiger charge is -2.37. The fourth-order valence-corrected chi connectivity index (χ4v) is 3.14. The minimum absolute atomic E-state index is 0.170. The van der Waals surface area contributed by atoms with Gasteiger partial charge in [-0.15, -0.1) is 0 Å². The zero-order chi connectivity index (χ0) is 16.3. The van der Waals surface area contributed by atoms with Gasteiger partial charge in [-0.25, -0.2) is 0 Å². The molecule has 3 atom stereocenters. The molecule has 0 heterocycles. The van der Waals surface area contributed by atoms with Crippen LogP contribution < -0.4 is 4.74 Å². The molecule has 1 unspecified atom stereocenters. The number of nitriles is 1. The third kappa shape index (κ3) is 2.96. The lowest BCUT2D eigenvalue weighted by atomic mass is 9.63. The van der Waals surface area contributed by atoms with Gasteiger partial charge in [-0.2, -0.15) is 5.26 Å². The van der Waals surface area contributed by atoms with Crippen molar-refractivity contribution < 1.29 is 19.4 Å². The van der Waals surface area contributed by atoms with E-state index in [4.69, 9.17) is 9.84 Å². The first kappa shape index (κ1) is 16.0. The van der Waals surface area contributed by atoms with Crippen molar-refractivity contribution in [3.05, 3.63) is 29.8 Å². The smallest absolute Gasteiger partial charge is 0.304 e. The van der Waals surface area contributed by atoms with Gasteiger partial charge in [0, 0.05) is 5.92 Å². The van der Waals surface area contributed by atoms with Crippen molar-refractivity contribution in [2.75, 3.05) is 7.11 Å². The summed E-state index contributed by atoms with van der Waals surface area (Å²) in [5.41, 5.74) is -0.163. The van der Waals surface area contributed by atoms with Gasteiger partial charge in [-0.05, 0) is 43.4 Å². The highest BCUT2D eigenvalue weighted by molar-refractivity contribution is 5.93. The molecule has 116 valence electrons. The van der Waals surface area contributed by atoms with Gasteiger partial charge in [0.2, 0.25) is 0 Å². The third-order valence-corrected chi connectivity index (χ3v) is 4.51. The molecule has 1 aliphatic carbocycles. The number of carboxylic acid groups (broad SMARTS) is 1. The lowest BCUT2D eigenvalue weighted by molar-refractivity contribution is -0.144. The van der Waals surface area contributed by atoms with Crippen molar-refractivity contribution in [2.24, 2.45) is 11.3 Å². The van der Waals surface area contributed by atoms with Crippen molar-refractivity contribution in [3.8, 4) is 11.8 Å². The van der Waals surface area contributed by atoms with Crippen LogP contribution in [0.2, 0.25) is 0 Å². The van der Waals surface area contributed by atoms with E-state index in [2.05, 4.69) is 6.07 Å². The van der Waals surface area contributed by atoms with Crippen LogP contribution in [0.4, 0.5) is 0 Å². The van der Waals surface area contributed by atoms with Crippen LogP contribution in [-0.4, -0.2) is 24.0 Å². The van der Waals surface area contributed by atoms with Crippen molar-refractivity contribution in [1.29, 1.82) is 5.26 Å². The number of ether oxygens (including phenoxy) is 1. The van der Waals surface area contributed by atoms with Crippen LogP contribution >= 0.6 is 0 Å². The summed E-state index contributed by atoms with van der Waals surface area (Å²) in [4.78, 5) is 23.7. The van der Waals surface area contributed by atoms with Crippen molar-refractivity contribution in [1.82, 2.24) is 0 Å². The molecule has 0 aromatic heterocycles. The zero-order valence-electron chi connectivity index (χ0n) is 12.7. The topological polar surface area (TPSA) is 87.4 Å². The van der Waals surface area contributed by atoms with E-state index in [9.17, 15) is 14.9 Å². The maximum atomic E-state index is 12.6. The number of Topliss-reactive ketones (excluding diaryl/α,β-unsaturated/α-hetero) is 1. The van der Waals surface area contributed by atoms with Crippen LogP contribution in [0.3, 0.4) is 0 Å². The summed E-state index contributed by atoms with van der Waals surface area (Å²) in [6.45, 7) is 1.61. The first-order valence-electron chi connectivity index (χ1n) is 7.22. The molecule has 0 aliphatic heterocycles. The number of benzene rings is 1. The predicted octanol–water partition coefficient (Wildman–Crippen LogP) is 2.76. The number of carbonyl (C=O) groups excluding carboxylic acids is 1. The molecule has 0 spiro atoms. The first-order chi connectivity index (χ1) is 10.4. The molecule has 0 bridgehead atoms. The molecule has 2 rings (SSSR count). The van der Waals surface area contributed by atoms with Gasteiger partial charge in [0.15, 0.2) is 5.78 Å². The Kier molecular flexibility index (Phi) is 4.51. The zero-order valence-corrected chi connectivity index (χ0v) is 12.7. The van der Waals surface area contributed by atoms with E-state index < -0.39 is 17.3 Å². The molecule has 0 saturated heterocycles. The quantitative estimate of drug-likeness (QED) is 0.924. The standard InChI is InChI=1S/C17H19NO4/c1-17(10-18)8-7-13(14(16(17)21)9-15(19)20)11-3-5-12(22-2)6-4-11/h3-6,13-14H,7-9H2,1-2H3,(H,19,20)/t13?,14-,17-/m0/s1. The average molecular weight is 301 g/mol. The fraction of sp³-hybridized carbons (Fsp3) is 0.471. The number of carbonyl (C=O) groups is 2. The van der Waals surface area contributed by atoms with Gasteiger partial charge in [0.25, 0.3) is 0 Å². The fourth-order valence-electron chi connectivity index (χ4n) is 3.14. The van der Waals surface area contributed by atoms with Gasteiger partial charge in [-0.1, -0.05) is 12.1 Å². The van der Waals surface area contributed by atoms with Gasteiger partial charge in [0.05, 0.1) is 19.6 Å². The van der Waals surface area contributed by atoms with Crippen LogP contribution in [0.15, 0.2) is 24.3 Å². The van der Waals surface area contributed by atoms with Crippen LogP contribution in [0.5, 0.6) is 5.75 Å². The molecule has 22 heavy (non-hydrogen) atoms. The number of aliphatic carboxylic acids is 1. The minimum Gasteiger partial charge on any atom is -0.497 e. The van der Waals surface area contributed by atoms with E-state index in [1.807, 2.05) is 12.1 Å². The molecule has 0 amide bonds. The van der Waals surface area contributed by atoms with Crippen molar-refractivity contribution in [3.63, 3.8) is 0 Å². The van der Waals surface area contributed by atoms with E-state index >= 15 is 0 Å². The minimum atomic E-state index is -1.08. The number of rotatable bonds is 4. The summed E-state index contributed by atoms with van der Waals surface area (Å²) in [6, 6.07) is 9.39. The van der Waals surface area contributed by atoms with Crippen LogP contribution in [0.25, 0.3) is 0 Å². The highest BCUT2D eigenvalue weighted by Crippen LogP contribution is 2.45. The number of hydrogen-bond acceptors (Lipinski definition) is 4. The number of ketones is 1. The van der Waals surface area contributed by atoms with E-state index in [1.165, 1.54) is 0 Å². The second-order valence-electron chi connectivity index (χ2n) is 5.93. The number of nitrogens with zero attached hydrogens (tertiary/aromatic N) is 1. The van der Waals surface area contributed by atoms with Gasteiger partial charge in [0.1, 0.15) is 11.2 Å². The Hall–Kier alpha value is -2.35. The maximum absolute atomic E-state index is 12.6. The maximum Gasteiger partial charge on any atom is 0.304 e. The molecule has 0 radical (unpaired) electrons. The Balaban J connectivity index is 2.34. The SMILES string of the molecule is COc1ccc(C2CC[C@@](C)(C#N)C(=O)[C@H]2CC(=O)O)cc1. The van der Waals surface area contributed by atoms with E-state index in [0.717, 1.165) is 5.56 Å². The summed E-state index contributed by atoms with van der Waals surface area (Å²) >= 11 is 0. The normalized spacial score (nSPS) is 28.0. The molecular weight excluding hydrogens is 282 g/mol. The average Bonchev–Trinajstić information content (AvgIpc) is 2.52.